The van der Waals surface area contributed by atoms with E-state index in [2.05, 4.69) is 5.32 Å². The van der Waals surface area contributed by atoms with Gasteiger partial charge in [0.25, 0.3) is 5.91 Å². The number of para-hydroxylation sites is 1. The van der Waals surface area contributed by atoms with Gasteiger partial charge in [-0.05, 0) is 43.4 Å². The van der Waals surface area contributed by atoms with Crippen LogP contribution < -0.4 is 10.1 Å². The lowest BCUT2D eigenvalue weighted by Crippen LogP contribution is -2.42. The maximum absolute atomic E-state index is 12.6. The summed E-state index contributed by atoms with van der Waals surface area (Å²) < 4.78 is 5.51. The summed E-state index contributed by atoms with van der Waals surface area (Å²) in [5, 5.41) is 14.0. The van der Waals surface area contributed by atoms with E-state index < -0.39 is 5.60 Å². The third kappa shape index (κ3) is 3.44. The highest BCUT2D eigenvalue weighted by atomic mass is 16.5. The van der Waals surface area contributed by atoms with Crippen LogP contribution in [0, 0.1) is 5.92 Å². The third-order valence-corrected chi connectivity index (χ3v) is 4.48. The van der Waals surface area contributed by atoms with E-state index in [1.165, 1.54) is 0 Å². The molecule has 0 aliphatic heterocycles. The lowest BCUT2D eigenvalue weighted by molar-refractivity contribution is 0.0134. The molecule has 0 spiro atoms. The largest absolute Gasteiger partial charge is 0.493 e. The Labute approximate surface area is 142 Å². The zero-order valence-electron chi connectivity index (χ0n) is 13.9. The minimum absolute atomic E-state index is 0.195. The second-order valence-corrected chi connectivity index (χ2v) is 6.18. The maximum Gasteiger partial charge on any atom is 0.255 e. The Bertz CT molecular complexity index is 697. The van der Waals surface area contributed by atoms with E-state index in [9.17, 15) is 9.90 Å². The quantitative estimate of drug-likeness (QED) is 0.822. The predicted molar refractivity (Wildman–Crippen MR) is 93.0 cm³/mol. The van der Waals surface area contributed by atoms with Gasteiger partial charge in [0, 0.05) is 0 Å². The van der Waals surface area contributed by atoms with E-state index in [0.717, 1.165) is 18.4 Å². The van der Waals surface area contributed by atoms with Gasteiger partial charge in [-0.3, -0.25) is 4.79 Å². The number of hydrogen-bond acceptors (Lipinski definition) is 3. The van der Waals surface area contributed by atoms with Gasteiger partial charge in [-0.25, -0.2) is 0 Å². The minimum Gasteiger partial charge on any atom is -0.493 e. The van der Waals surface area contributed by atoms with Gasteiger partial charge in [-0.2, -0.15) is 0 Å². The van der Waals surface area contributed by atoms with Crippen molar-refractivity contribution in [3.8, 4) is 5.75 Å². The van der Waals surface area contributed by atoms with E-state index in [-0.39, 0.29) is 18.4 Å². The number of benzene rings is 2. The summed E-state index contributed by atoms with van der Waals surface area (Å²) in [4.78, 5) is 12.6. The van der Waals surface area contributed by atoms with Crippen LogP contribution in [0.3, 0.4) is 0 Å². The molecule has 0 aromatic heterocycles. The summed E-state index contributed by atoms with van der Waals surface area (Å²) in [5.74, 6) is 0.531. The molecule has 0 radical (unpaired) electrons. The van der Waals surface area contributed by atoms with Crippen molar-refractivity contribution in [2.24, 2.45) is 5.92 Å². The molecule has 126 valence electrons. The SMILES string of the molecule is CCOc1ccccc1C(=O)NCC(O)(c1ccccc1)C1CC1. The summed E-state index contributed by atoms with van der Waals surface area (Å²) in [6.45, 7) is 2.58. The smallest absolute Gasteiger partial charge is 0.255 e. The second-order valence-electron chi connectivity index (χ2n) is 6.18. The van der Waals surface area contributed by atoms with E-state index in [1.807, 2.05) is 49.4 Å². The zero-order valence-corrected chi connectivity index (χ0v) is 13.9. The molecular weight excluding hydrogens is 302 g/mol. The van der Waals surface area contributed by atoms with E-state index in [1.54, 1.807) is 12.1 Å². The van der Waals surface area contributed by atoms with E-state index in [0.29, 0.717) is 17.9 Å². The van der Waals surface area contributed by atoms with Crippen molar-refractivity contribution >= 4 is 5.91 Å². The molecule has 3 rings (SSSR count). The summed E-state index contributed by atoms with van der Waals surface area (Å²) in [6.07, 6.45) is 1.97. The highest BCUT2D eigenvalue weighted by Gasteiger charge is 2.45. The van der Waals surface area contributed by atoms with Crippen molar-refractivity contribution < 1.29 is 14.6 Å². The number of carbonyl (C=O) groups excluding carboxylic acids is 1. The molecule has 1 aliphatic carbocycles. The monoisotopic (exact) mass is 325 g/mol. The normalized spacial score (nSPS) is 16.2. The molecule has 1 aliphatic rings. The summed E-state index contributed by atoms with van der Waals surface area (Å²) >= 11 is 0. The van der Waals surface area contributed by atoms with Gasteiger partial charge in [0.05, 0.1) is 18.7 Å². The Morgan fingerprint density at radius 2 is 1.83 bits per heavy atom. The molecule has 2 aromatic rings. The number of amides is 1. The van der Waals surface area contributed by atoms with Crippen LogP contribution in [0.4, 0.5) is 0 Å². The van der Waals surface area contributed by atoms with Gasteiger partial charge in [-0.15, -0.1) is 0 Å². The molecule has 4 nitrogen and oxygen atoms in total. The third-order valence-electron chi connectivity index (χ3n) is 4.48. The second kappa shape index (κ2) is 7.05. The molecule has 1 atom stereocenters. The Morgan fingerprint density at radius 1 is 1.17 bits per heavy atom. The van der Waals surface area contributed by atoms with Gasteiger partial charge in [0.15, 0.2) is 0 Å². The van der Waals surface area contributed by atoms with Gasteiger partial charge >= 0.3 is 0 Å². The number of aliphatic hydroxyl groups is 1. The van der Waals surface area contributed by atoms with Gasteiger partial charge in [0.1, 0.15) is 11.4 Å². The van der Waals surface area contributed by atoms with Gasteiger partial charge in [0.2, 0.25) is 0 Å². The van der Waals surface area contributed by atoms with Crippen LogP contribution >= 0.6 is 0 Å². The topological polar surface area (TPSA) is 58.6 Å². The van der Waals surface area contributed by atoms with Crippen LogP contribution in [0.2, 0.25) is 0 Å². The molecule has 1 amide bonds. The predicted octanol–water partition coefficient (Wildman–Crippen LogP) is 3.11. The first-order valence-electron chi connectivity index (χ1n) is 8.43. The molecule has 24 heavy (non-hydrogen) atoms. The molecule has 1 saturated carbocycles. The van der Waals surface area contributed by atoms with Crippen molar-refractivity contribution in [2.75, 3.05) is 13.2 Å². The minimum atomic E-state index is -1.02. The summed E-state index contributed by atoms with van der Waals surface area (Å²) in [7, 11) is 0. The highest BCUT2D eigenvalue weighted by Crippen LogP contribution is 2.45. The molecule has 0 bridgehead atoms. The molecule has 1 unspecified atom stereocenters. The van der Waals surface area contributed by atoms with Crippen LogP contribution in [-0.4, -0.2) is 24.2 Å². The summed E-state index contributed by atoms with van der Waals surface area (Å²) in [6, 6.07) is 16.7. The van der Waals surface area contributed by atoms with Gasteiger partial charge in [-0.1, -0.05) is 42.5 Å². The molecular formula is C20H23NO3. The molecule has 4 heteroatoms. The van der Waals surface area contributed by atoms with Crippen LogP contribution in [0.15, 0.2) is 54.6 Å². The van der Waals surface area contributed by atoms with Crippen LogP contribution in [0.25, 0.3) is 0 Å². The van der Waals surface area contributed by atoms with Crippen LogP contribution in [-0.2, 0) is 5.60 Å². The Hall–Kier alpha value is -2.33. The van der Waals surface area contributed by atoms with E-state index in [4.69, 9.17) is 4.74 Å². The number of ether oxygens (including phenoxy) is 1. The van der Waals surface area contributed by atoms with Crippen molar-refractivity contribution in [3.63, 3.8) is 0 Å². The number of nitrogens with one attached hydrogen (secondary N) is 1. The van der Waals surface area contributed by atoms with E-state index >= 15 is 0 Å². The molecule has 0 heterocycles. The van der Waals surface area contributed by atoms with Crippen LogP contribution in [0.1, 0.15) is 35.7 Å². The molecule has 0 saturated heterocycles. The number of rotatable bonds is 7. The molecule has 1 fully saturated rings. The lowest BCUT2D eigenvalue weighted by atomic mass is 9.88. The van der Waals surface area contributed by atoms with Crippen molar-refractivity contribution in [1.82, 2.24) is 5.32 Å². The average molecular weight is 325 g/mol. The standard InChI is InChI=1S/C20H23NO3/c1-2-24-18-11-7-6-10-17(18)19(22)21-14-20(23,16-12-13-16)15-8-4-3-5-9-15/h3-11,16,23H,2,12-14H2,1H3,(H,21,22). The zero-order chi connectivity index (χ0) is 17.0. The van der Waals surface area contributed by atoms with Crippen LogP contribution in [0.5, 0.6) is 5.75 Å². The lowest BCUT2D eigenvalue weighted by Gasteiger charge is -2.29. The van der Waals surface area contributed by atoms with Crippen molar-refractivity contribution in [2.45, 2.75) is 25.4 Å². The summed E-state index contributed by atoms with van der Waals surface area (Å²) in [5.41, 5.74) is 0.328. The fraction of sp³-hybridized carbons (Fsp3) is 0.350. The maximum atomic E-state index is 12.6. The fourth-order valence-electron chi connectivity index (χ4n) is 3.02. The van der Waals surface area contributed by atoms with Crippen molar-refractivity contribution in [1.29, 1.82) is 0 Å². The Balaban J connectivity index is 1.75. The average Bonchev–Trinajstić information content (AvgIpc) is 3.46. The molecule has 2 aromatic carbocycles. The number of carbonyl (C=O) groups is 1. The molecule has 2 N–H and O–H groups in total. The van der Waals surface area contributed by atoms with Crippen molar-refractivity contribution in [3.05, 3.63) is 65.7 Å². The van der Waals surface area contributed by atoms with Gasteiger partial charge < -0.3 is 15.2 Å². The number of hydrogen-bond donors (Lipinski definition) is 2. The first kappa shape index (κ1) is 16.5. The highest BCUT2D eigenvalue weighted by molar-refractivity contribution is 5.96. The Morgan fingerprint density at radius 3 is 2.50 bits per heavy atom. The Kier molecular flexibility index (Phi) is 4.86. The first-order chi connectivity index (χ1) is 11.6. The fourth-order valence-corrected chi connectivity index (χ4v) is 3.02. The first-order valence-corrected chi connectivity index (χ1v) is 8.43.